The molecule has 0 fully saturated rings. The van der Waals surface area contributed by atoms with Gasteiger partial charge in [0.2, 0.25) is 5.91 Å². The van der Waals surface area contributed by atoms with E-state index in [1.54, 1.807) is 6.92 Å². The Morgan fingerprint density at radius 3 is 1.31 bits per heavy atom. The van der Waals surface area contributed by atoms with Crippen LogP contribution in [0.25, 0.3) is 0 Å². The zero-order chi connectivity index (χ0) is 22.7. The summed E-state index contributed by atoms with van der Waals surface area (Å²) in [7, 11) is 0. The zero-order valence-corrected chi connectivity index (χ0v) is 21.8. The summed E-state index contributed by atoms with van der Waals surface area (Å²) in [6, 6.07) is 0.212. The summed E-state index contributed by atoms with van der Waals surface area (Å²) < 4.78 is 0. The quantitative estimate of drug-likeness (QED) is 0.496. The second-order valence-corrected chi connectivity index (χ2v) is 7.48. The fourth-order valence-electron chi connectivity index (χ4n) is 2.97. The number of nitrogens with one attached hydrogen (secondary N) is 1. The lowest BCUT2D eigenvalue weighted by molar-refractivity contribution is -0.120. The van der Waals surface area contributed by atoms with E-state index in [0.29, 0.717) is 11.8 Å². The third-order valence-electron chi connectivity index (χ3n) is 4.98. The molecular formula is C24H57NO. The van der Waals surface area contributed by atoms with Gasteiger partial charge in [0.25, 0.3) is 0 Å². The van der Waals surface area contributed by atoms with Gasteiger partial charge >= 0.3 is 0 Å². The fraction of sp³-hybridized carbons (Fsp3) is 0.958. The number of amides is 1. The van der Waals surface area contributed by atoms with E-state index in [-0.39, 0.29) is 22.8 Å². The van der Waals surface area contributed by atoms with Gasteiger partial charge < -0.3 is 5.32 Å². The lowest BCUT2D eigenvalue weighted by Gasteiger charge is -2.49. The van der Waals surface area contributed by atoms with Crippen molar-refractivity contribution >= 4 is 5.91 Å². The molecule has 2 heteroatoms. The van der Waals surface area contributed by atoms with Gasteiger partial charge in [-0.15, -0.1) is 0 Å². The second kappa shape index (κ2) is 20.8. The molecule has 0 radical (unpaired) electrons. The Kier molecular flexibility index (Phi) is 29.1. The van der Waals surface area contributed by atoms with E-state index in [1.165, 1.54) is 6.42 Å². The normalized spacial score (nSPS) is 12.4. The number of rotatable bonds is 6. The number of carbonyl (C=O) groups is 1. The van der Waals surface area contributed by atoms with E-state index in [0.717, 1.165) is 0 Å². The summed E-state index contributed by atoms with van der Waals surface area (Å²) in [5.41, 5.74) is 0.437. The molecule has 0 aliphatic rings. The van der Waals surface area contributed by atoms with Gasteiger partial charge in [-0.1, -0.05) is 104 Å². The van der Waals surface area contributed by atoms with E-state index in [1.807, 2.05) is 55.4 Å². The van der Waals surface area contributed by atoms with Crippen molar-refractivity contribution in [2.75, 3.05) is 0 Å². The van der Waals surface area contributed by atoms with Crippen LogP contribution in [0.5, 0.6) is 0 Å². The van der Waals surface area contributed by atoms with Crippen LogP contribution in [-0.2, 0) is 4.79 Å². The van der Waals surface area contributed by atoms with Crippen LogP contribution in [0, 0.1) is 22.7 Å². The van der Waals surface area contributed by atoms with Gasteiger partial charge in [0.15, 0.2) is 0 Å². The maximum Gasteiger partial charge on any atom is 0.217 e. The summed E-state index contributed by atoms with van der Waals surface area (Å²) in [5.74, 6) is 1.20. The third kappa shape index (κ3) is 15.7. The van der Waals surface area contributed by atoms with Crippen LogP contribution in [0.2, 0.25) is 0 Å². The summed E-state index contributed by atoms with van der Waals surface area (Å²) in [4.78, 5) is 11.2. The molecule has 0 rings (SSSR count). The molecular weight excluding hydrogens is 318 g/mol. The minimum atomic E-state index is 0.0619. The van der Waals surface area contributed by atoms with E-state index < -0.39 is 0 Å². The lowest BCUT2D eigenvalue weighted by atomic mass is 9.57. The summed E-state index contributed by atoms with van der Waals surface area (Å²) >= 11 is 0. The maximum atomic E-state index is 11.2. The van der Waals surface area contributed by atoms with E-state index >= 15 is 0 Å². The number of hydrogen-bond acceptors (Lipinski definition) is 1. The van der Waals surface area contributed by atoms with Crippen LogP contribution in [0.15, 0.2) is 0 Å². The van der Waals surface area contributed by atoms with Crippen molar-refractivity contribution in [2.45, 2.75) is 130 Å². The molecule has 0 aromatic rings. The van der Waals surface area contributed by atoms with Crippen LogP contribution in [0.1, 0.15) is 124 Å². The summed E-state index contributed by atoms with van der Waals surface area (Å²) in [6.07, 6.45) is 1.21. The monoisotopic (exact) mass is 375 g/mol. The first-order valence-electron chi connectivity index (χ1n) is 11.2. The molecule has 1 N–H and O–H groups in total. The largest absolute Gasteiger partial charge is 0.354 e. The molecule has 2 nitrogen and oxygen atoms in total. The Balaban J connectivity index is -0.000000160. The molecule has 0 aliphatic heterocycles. The predicted molar refractivity (Wildman–Crippen MR) is 125 cm³/mol. The van der Waals surface area contributed by atoms with Crippen molar-refractivity contribution in [3.05, 3.63) is 0 Å². The second-order valence-electron chi connectivity index (χ2n) is 7.48. The Labute approximate surface area is 169 Å². The molecule has 2 atom stereocenters. The molecule has 0 aliphatic carbocycles. The summed E-state index contributed by atoms with van der Waals surface area (Å²) in [6.45, 7) is 35.9. The zero-order valence-electron chi connectivity index (χ0n) is 21.8. The van der Waals surface area contributed by atoms with Crippen molar-refractivity contribution in [3.8, 4) is 0 Å². The van der Waals surface area contributed by atoms with Crippen LogP contribution in [0.3, 0.4) is 0 Å². The first-order chi connectivity index (χ1) is 11.9. The third-order valence-corrected chi connectivity index (χ3v) is 4.98. The molecule has 26 heavy (non-hydrogen) atoms. The van der Waals surface area contributed by atoms with Crippen molar-refractivity contribution in [1.82, 2.24) is 5.32 Å². The van der Waals surface area contributed by atoms with Crippen LogP contribution in [0.4, 0.5) is 0 Å². The van der Waals surface area contributed by atoms with Crippen LogP contribution in [-0.4, -0.2) is 11.9 Å². The van der Waals surface area contributed by atoms with Crippen molar-refractivity contribution in [1.29, 1.82) is 0 Å². The first-order valence-corrected chi connectivity index (χ1v) is 11.2. The highest BCUT2D eigenvalue weighted by molar-refractivity contribution is 5.73. The van der Waals surface area contributed by atoms with Crippen molar-refractivity contribution in [2.24, 2.45) is 22.7 Å². The average Bonchev–Trinajstić information content (AvgIpc) is 2.59. The molecule has 0 saturated heterocycles. The molecule has 2 unspecified atom stereocenters. The van der Waals surface area contributed by atoms with Gasteiger partial charge in [-0.05, 0) is 36.0 Å². The standard InChI is InChI=1S/C16H33NO.4C2H6/c1-11(2)10-15(6,7)16(8,9)12(3)13(4)17-14(5)18;4*1-2/h11-13H,10H2,1-9H3,(H,17,18);4*1-2H3. The van der Waals surface area contributed by atoms with Gasteiger partial charge in [-0.3, -0.25) is 4.79 Å². The molecule has 0 bridgehead atoms. The molecule has 1 amide bonds. The topological polar surface area (TPSA) is 29.1 Å². The highest BCUT2D eigenvalue weighted by atomic mass is 16.1. The van der Waals surface area contributed by atoms with Crippen molar-refractivity contribution in [3.63, 3.8) is 0 Å². The van der Waals surface area contributed by atoms with Gasteiger partial charge in [0, 0.05) is 13.0 Å². The Bertz CT molecular complexity index is 280. The van der Waals surface area contributed by atoms with Gasteiger partial charge in [0.05, 0.1) is 0 Å². The number of hydrogen-bond donors (Lipinski definition) is 1. The van der Waals surface area contributed by atoms with Crippen molar-refractivity contribution < 1.29 is 4.79 Å². The van der Waals surface area contributed by atoms with E-state index in [4.69, 9.17) is 0 Å². The Morgan fingerprint density at radius 1 is 0.769 bits per heavy atom. The predicted octanol–water partition coefficient (Wildman–Crippen LogP) is 8.35. The molecule has 0 heterocycles. The Morgan fingerprint density at radius 2 is 1.08 bits per heavy atom. The molecule has 0 aromatic carbocycles. The SMILES string of the molecule is CC.CC.CC.CC.CC(=O)NC(C)C(C)C(C)(C)C(C)(C)CC(C)C. The highest BCUT2D eigenvalue weighted by Crippen LogP contribution is 2.49. The highest BCUT2D eigenvalue weighted by Gasteiger charge is 2.43. The minimum absolute atomic E-state index is 0.0619. The van der Waals surface area contributed by atoms with E-state index in [9.17, 15) is 4.79 Å². The van der Waals surface area contributed by atoms with Gasteiger partial charge in [-0.2, -0.15) is 0 Å². The minimum Gasteiger partial charge on any atom is -0.354 e. The van der Waals surface area contributed by atoms with Crippen LogP contribution < -0.4 is 5.32 Å². The molecule has 0 spiro atoms. The fourth-order valence-corrected chi connectivity index (χ4v) is 2.97. The first kappa shape index (κ1) is 36.4. The van der Waals surface area contributed by atoms with Gasteiger partial charge in [0.1, 0.15) is 0 Å². The van der Waals surface area contributed by atoms with Gasteiger partial charge in [-0.25, -0.2) is 0 Å². The molecule has 0 saturated carbocycles. The number of carbonyl (C=O) groups excluding carboxylic acids is 1. The smallest absolute Gasteiger partial charge is 0.217 e. The van der Waals surface area contributed by atoms with E-state index in [2.05, 4.69) is 60.7 Å². The maximum absolute atomic E-state index is 11.2. The Hall–Kier alpha value is -0.530. The lowest BCUT2D eigenvalue weighted by Crippen LogP contribution is -2.48. The van der Waals surface area contributed by atoms with Crippen LogP contribution >= 0.6 is 0 Å². The summed E-state index contributed by atoms with van der Waals surface area (Å²) in [5, 5.41) is 3.04. The average molecular weight is 376 g/mol. The molecule has 164 valence electrons. The molecule has 0 aromatic heterocycles.